The molecule has 0 atom stereocenters. The first-order valence-electron chi connectivity index (χ1n) is 9.51. The van der Waals surface area contributed by atoms with Crippen molar-refractivity contribution in [2.45, 2.75) is 27.4 Å². The minimum Gasteiger partial charge on any atom is -0.489 e. The van der Waals surface area contributed by atoms with Crippen LogP contribution < -0.4 is 15.4 Å². The van der Waals surface area contributed by atoms with Crippen LogP contribution >= 0.6 is 11.6 Å². The monoisotopic (exact) mass is 502 g/mol. The molecule has 3 aromatic carbocycles. The van der Waals surface area contributed by atoms with E-state index < -0.39 is 0 Å². The minimum absolute atomic E-state index is 0. The third-order valence-electron chi connectivity index (χ3n) is 3.85. The zero-order chi connectivity index (χ0) is 20.8. The number of hydrogen-bond donors (Lipinski definition) is 2. The van der Waals surface area contributed by atoms with E-state index in [4.69, 9.17) is 16.3 Å². The standard InChI is InChI=1S/C14H15NO.C8H10ClN.C2H6.CH3.Y/c1-15-13-7-9-14(10-8-13)16-11-12-5-3-2-4-6-12;1-6-3-4-7(10-2)5-8(6)9;1-2;;/h2-10,15H,11H2,1H3;3-5,10H,1-2H3;1-2H3;1H3;/q;;;-1;. The number of anilines is 2. The third kappa shape index (κ3) is 11.6. The van der Waals surface area contributed by atoms with Crippen LogP contribution in [0.4, 0.5) is 11.4 Å². The maximum Gasteiger partial charge on any atom is 0.119 e. The normalized spacial score (nSPS) is 8.60. The first-order valence-corrected chi connectivity index (χ1v) is 9.88. The van der Waals surface area contributed by atoms with Gasteiger partial charge < -0.3 is 22.8 Å². The molecule has 3 aromatic rings. The number of aryl methyl sites for hydroxylation is 1. The van der Waals surface area contributed by atoms with E-state index in [2.05, 4.69) is 22.8 Å². The van der Waals surface area contributed by atoms with Crippen molar-refractivity contribution in [1.29, 1.82) is 0 Å². The fraction of sp³-hybridized carbons (Fsp3) is 0.240. The summed E-state index contributed by atoms with van der Waals surface area (Å²) in [5.41, 5.74) is 4.43. The van der Waals surface area contributed by atoms with Gasteiger partial charge >= 0.3 is 0 Å². The van der Waals surface area contributed by atoms with E-state index in [1.165, 1.54) is 5.56 Å². The van der Waals surface area contributed by atoms with Gasteiger partial charge in [-0.2, -0.15) is 0 Å². The Bertz CT molecular complexity index is 796. The number of halogens is 1. The van der Waals surface area contributed by atoms with E-state index in [9.17, 15) is 0 Å². The Balaban J connectivity index is 0. The smallest absolute Gasteiger partial charge is 0.119 e. The number of hydrogen-bond acceptors (Lipinski definition) is 3. The number of nitrogens with one attached hydrogen (secondary N) is 2. The summed E-state index contributed by atoms with van der Waals surface area (Å²) >= 11 is 5.85. The summed E-state index contributed by atoms with van der Waals surface area (Å²) in [5, 5.41) is 6.89. The Morgan fingerprint density at radius 1 is 0.800 bits per heavy atom. The summed E-state index contributed by atoms with van der Waals surface area (Å²) in [6.07, 6.45) is 0. The Hall–Kier alpha value is -1.55. The molecule has 5 heteroatoms. The molecule has 0 spiro atoms. The van der Waals surface area contributed by atoms with Gasteiger partial charge in [-0.15, -0.1) is 0 Å². The number of ether oxygens (including phenoxy) is 1. The molecule has 0 bridgehead atoms. The third-order valence-corrected chi connectivity index (χ3v) is 4.26. The van der Waals surface area contributed by atoms with Gasteiger partial charge in [0.15, 0.2) is 0 Å². The van der Waals surface area contributed by atoms with Crippen LogP contribution in [0.15, 0.2) is 72.8 Å². The molecule has 0 unspecified atom stereocenters. The topological polar surface area (TPSA) is 33.3 Å². The molecule has 3 nitrogen and oxygen atoms in total. The first-order chi connectivity index (χ1) is 13.6. The van der Waals surface area contributed by atoms with Gasteiger partial charge in [0, 0.05) is 63.2 Å². The van der Waals surface area contributed by atoms with Crippen LogP contribution in [0.1, 0.15) is 25.0 Å². The Morgan fingerprint density at radius 3 is 1.83 bits per heavy atom. The quantitative estimate of drug-likeness (QED) is 0.355. The van der Waals surface area contributed by atoms with Gasteiger partial charge in [-0.3, -0.25) is 0 Å². The second-order valence-corrected chi connectivity index (χ2v) is 6.17. The molecular weight excluding hydrogens is 469 g/mol. The largest absolute Gasteiger partial charge is 0.489 e. The van der Waals surface area contributed by atoms with E-state index >= 15 is 0 Å². The summed E-state index contributed by atoms with van der Waals surface area (Å²) < 4.78 is 5.66. The van der Waals surface area contributed by atoms with Crippen molar-refractivity contribution in [2.75, 3.05) is 24.7 Å². The van der Waals surface area contributed by atoms with Crippen LogP contribution in [0.2, 0.25) is 5.02 Å². The van der Waals surface area contributed by atoms with Crippen molar-refractivity contribution < 1.29 is 37.4 Å². The molecule has 0 saturated heterocycles. The fourth-order valence-electron chi connectivity index (χ4n) is 2.21. The van der Waals surface area contributed by atoms with E-state index in [0.717, 1.165) is 27.7 Å². The molecule has 0 aliphatic heterocycles. The van der Waals surface area contributed by atoms with Crippen molar-refractivity contribution in [3.63, 3.8) is 0 Å². The van der Waals surface area contributed by atoms with Gasteiger partial charge in [0.05, 0.1) is 0 Å². The van der Waals surface area contributed by atoms with Crippen molar-refractivity contribution in [1.82, 2.24) is 0 Å². The summed E-state index contributed by atoms with van der Waals surface area (Å²) in [5.74, 6) is 0.892. The second-order valence-electron chi connectivity index (χ2n) is 5.76. The zero-order valence-corrected chi connectivity index (χ0v) is 22.6. The molecule has 0 aliphatic rings. The zero-order valence-electron chi connectivity index (χ0n) is 19.0. The molecule has 161 valence electrons. The van der Waals surface area contributed by atoms with Gasteiger partial charge in [0.25, 0.3) is 0 Å². The van der Waals surface area contributed by atoms with E-state index in [-0.39, 0.29) is 40.1 Å². The van der Waals surface area contributed by atoms with E-state index in [1.807, 2.05) is 95.5 Å². The first kappa shape index (κ1) is 30.6. The predicted molar refractivity (Wildman–Crippen MR) is 130 cm³/mol. The van der Waals surface area contributed by atoms with Gasteiger partial charge in [0.1, 0.15) is 12.4 Å². The SMILES string of the molecule is CC.CNc1ccc(C)c(Cl)c1.CNc1ccc(OCc2ccccc2)cc1.[CH3-].[Y]. The van der Waals surface area contributed by atoms with Gasteiger partial charge in [0.2, 0.25) is 0 Å². The Labute approximate surface area is 213 Å². The predicted octanol–water partition coefficient (Wildman–Crippen LogP) is 7.47. The average Bonchev–Trinajstić information content (AvgIpc) is 2.77. The van der Waals surface area contributed by atoms with Gasteiger partial charge in [-0.25, -0.2) is 0 Å². The Kier molecular flexibility index (Phi) is 18.6. The molecule has 0 fully saturated rings. The summed E-state index contributed by atoms with van der Waals surface area (Å²) in [7, 11) is 3.78. The van der Waals surface area contributed by atoms with Gasteiger partial charge in [-0.05, 0) is 54.4 Å². The molecule has 0 aliphatic carbocycles. The molecule has 0 heterocycles. The van der Waals surface area contributed by atoms with Crippen LogP contribution in [-0.4, -0.2) is 14.1 Å². The van der Waals surface area contributed by atoms with E-state index in [0.29, 0.717) is 6.61 Å². The number of benzene rings is 3. The summed E-state index contributed by atoms with van der Waals surface area (Å²) in [6, 6.07) is 24.0. The maximum atomic E-state index is 5.85. The molecule has 0 saturated carbocycles. The molecule has 30 heavy (non-hydrogen) atoms. The molecule has 2 N–H and O–H groups in total. The summed E-state index contributed by atoms with van der Waals surface area (Å²) in [6.45, 7) is 6.60. The van der Waals surface area contributed by atoms with Crippen LogP contribution in [-0.2, 0) is 39.3 Å². The molecular formula is C25H34ClN2OY-. The molecule has 1 radical (unpaired) electrons. The number of rotatable bonds is 5. The molecule has 0 amide bonds. The Morgan fingerprint density at radius 2 is 1.33 bits per heavy atom. The maximum absolute atomic E-state index is 5.85. The fourth-order valence-corrected chi connectivity index (χ4v) is 2.39. The van der Waals surface area contributed by atoms with Crippen molar-refractivity contribution >= 4 is 23.0 Å². The molecule has 3 rings (SSSR count). The van der Waals surface area contributed by atoms with Crippen LogP contribution in [0.3, 0.4) is 0 Å². The van der Waals surface area contributed by atoms with Crippen molar-refractivity contribution in [3.8, 4) is 5.75 Å². The average molecular weight is 503 g/mol. The molecule has 0 aromatic heterocycles. The van der Waals surface area contributed by atoms with Crippen molar-refractivity contribution in [3.05, 3.63) is 96.4 Å². The van der Waals surface area contributed by atoms with Gasteiger partial charge in [-0.1, -0.05) is 61.8 Å². The van der Waals surface area contributed by atoms with Crippen LogP contribution in [0.5, 0.6) is 5.75 Å². The summed E-state index contributed by atoms with van der Waals surface area (Å²) in [4.78, 5) is 0. The van der Waals surface area contributed by atoms with Crippen molar-refractivity contribution in [2.24, 2.45) is 0 Å². The van der Waals surface area contributed by atoms with Crippen LogP contribution in [0.25, 0.3) is 0 Å². The minimum atomic E-state index is 0. The van der Waals surface area contributed by atoms with E-state index in [1.54, 1.807) is 0 Å². The van der Waals surface area contributed by atoms with Crippen LogP contribution in [0, 0.1) is 14.4 Å². The second kappa shape index (κ2) is 18.2.